The van der Waals surface area contributed by atoms with Gasteiger partial charge in [0.15, 0.2) is 5.82 Å². The number of benzene rings is 1. The molecule has 1 amide bonds. The number of aryl methyl sites for hydroxylation is 2. The van der Waals surface area contributed by atoms with Crippen LogP contribution in [-0.2, 0) is 17.9 Å². The lowest BCUT2D eigenvalue weighted by Gasteiger charge is -2.05. The van der Waals surface area contributed by atoms with Gasteiger partial charge in [-0.25, -0.2) is 4.79 Å². The van der Waals surface area contributed by atoms with Gasteiger partial charge < -0.3 is 10.4 Å². The van der Waals surface area contributed by atoms with Crippen molar-refractivity contribution in [2.75, 3.05) is 5.32 Å². The van der Waals surface area contributed by atoms with Crippen LogP contribution in [0.2, 0.25) is 0 Å². The Morgan fingerprint density at radius 2 is 2.11 bits per heavy atom. The van der Waals surface area contributed by atoms with E-state index in [0.29, 0.717) is 16.8 Å². The van der Waals surface area contributed by atoms with Crippen molar-refractivity contribution in [1.29, 1.82) is 0 Å². The number of nitrogens with one attached hydrogen (secondary N) is 1. The Morgan fingerprint density at radius 3 is 2.85 bits per heavy atom. The molecule has 0 radical (unpaired) electrons. The maximum atomic E-state index is 12.2. The number of aromatic carboxylic acids is 1. The summed E-state index contributed by atoms with van der Waals surface area (Å²) in [6.07, 6.45) is 3.28. The molecular formula is C18H18BrN5O3. The van der Waals surface area contributed by atoms with E-state index in [-0.39, 0.29) is 24.6 Å². The minimum absolute atomic E-state index is 0.0476. The van der Waals surface area contributed by atoms with E-state index in [1.807, 2.05) is 25.1 Å². The number of nitrogens with zero attached hydrogens (tertiary/aromatic N) is 4. The monoisotopic (exact) mass is 431 g/mol. The lowest BCUT2D eigenvalue weighted by Crippen LogP contribution is -2.18. The van der Waals surface area contributed by atoms with Crippen LogP contribution in [-0.4, -0.2) is 36.5 Å². The summed E-state index contributed by atoms with van der Waals surface area (Å²) in [5.41, 5.74) is 2.33. The third kappa shape index (κ3) is 4.82. The van der Waals surface area contributed by atoms with Gasteiger partial charge in [0.25, 0.3) is 0 Å². The number of carboxylic acids is 1. The minimum atomic E-state index is -1.08. The summed E-state index contributed by atoms with van der Waals surface area (Å²) < 4.78 is 3.70. The Hall–Kier alpha value is -2.94. The van der Waals surface area contributed by atoms with Gasteiger partial charge >= 0.3 is 5.97 Å². The lowest BCUT2D eigenvalue weighted by atomic mass is 10.1. The van der Waals surface area contributed by atoms with Gasteiger partial charge in [0.05, 0.1) is 17.6 Å². The van der Waals surface area contributed by atoms with Gasteiger partial charge in [-0.15, -0.1) is 0 Å². The zero-order chi connectivity index (χ0) is 19.4. The Bertz CT molecular complexity index is 979. The first-order valence-corrected chi connectivity index (χ1v) is 9.05. The molecule has 9 heteroatoms. The normalized spacial score (nSPS) is 10.7. The summed E-state index contributed by atoms with van der Waals surface area (Å²) in [6.45, 7) is 2.79. The van der Waals surface area contributed by atoms with Gasteiger partial charge in [-0.2, -0.15) is 10.2 Å². The standard InChI is InChI=1S/C18H18BrN5O3/c1-12-3-2-4-13(9-12)10-23-11-14(19)17(22-23)21-16(25)6-8-24-15(18(26)27)5-7-20-24/h2-5,7,9,11H,6,8,10H2,1H3,(H,26,27)(H,21,22,25). The van der Waals surface area contributed by atoms with Crippen LogP contribution in [0.15, 0.2) is 47.2 Å². The molecule has 2 N–H and O–H groups in total. The van der Waals surface area contributed by atoms with E-state index in [4.69, 9.17) is 5.11 Å². The number of hydrogen-bond donors (Lipinski definition) is 2. The number of carboxylic acid groups (broad SMARTS) is 1. The molecule has 0 aliphatic rings. The number of hydrogen-bond acceptors (Lipinski definition) is 4. The van der Waals surface area contributed by atoms with Crippen molar-refractivity contribution >= 4 is 33.6 Å². The number of halogens is 1. The molecule has 2 aromatic heterocycles. The molecule has 0 saturated carbocycles. The van der Waals surface area contributed by atoms with Crippen LogP contribution in [0.5, 0.6) is 0 Å². The number of carbonyl (C=O) groups excluding carboxylic acids is 1. The minimum Gasteiger partial charge on any atom is -0.477 e. The van der Waals surface area contributed by atoms with Crippen LogP contribution in [0.1, 0.15) is 28.0 Å². The highest BCUT2D eigenvalue weighted by Gasteiger charge is 2.14. The third-order valence-corrected chi connectivity index (χ3v) is 4.47. The summed E-state index contributed by atoms with van der Waals surface area (Å²) in [7, 11) is 0. The second-order valence-electron chi connectivity index (χ2n) is 6.06. The summed E-state index contributed by atoms with van der Waals surface area (Å²) in [4.78, 5) is 23.2. The van der Waals surface area contributed by atoms with E-state index >= 15 is 0 Å². The number of anilines is 1. The molecular weight excluding hydrogens is 414 g/mol. The molecule has 0 bridgehead atoms. The van der Waals surface area contributed by atoms with Crippen LogP contribution in [0.3, 0.4) is 0 Å². The highest BCUT2D eigenvalue weighted by atomic mass is 79.9. The first kappa shape index (κ1) is 18.8. The fourth-order valence-electron chi connectivity index (χ4n) is 2.65. The maximum absolute atomic E-state index is 12.2. The maximum Gasteiger partial charge on any atom is 0.354 e. The van der Waals surface area contributed by atoms with Gasteiger partial charge in [0, 0.05) is 18.8 Å². The second kappa shape index (κ2) is 8.17. The number of rotatable bonds is 7. The number of carbonyl (C=O) groups is 2. The zero-order valence-electron chi connectivity index (χ0n) is 14.6. The lowest BCUT2D eigenvalue weighted by molar-refractivity contribution is -0.116. The van der Waals surface area contributed by atoms with Crippen molar-refractivity contribution in [3.63, 3.8) is 0 Å². The van der Waals surface area contributed by atoms with Crippen LogP contribution in [0.4, 0.5) is 5.82 Å². The molecule has 0 aliphatic heterocycles. The van der Waals surface area contributed by atoms with E-state index in [0.717, 1.165) is 5.56 Å². The van der Waals surface area contributed by atoms with Crippen molar-refractivity contribution in [3.05, 3.63) is 64.0 Å². The molecule has 0 unspecified atom stereocenters. The highest BCUT2D eigenvalue weighted by Crippen LogP contribution is 2.21. The van der Waals surface area contributed by atoms with Gasteiger partial charge in [-0.3, -0.25) is 14.2 Å². The number of aromatic nitrogens is 4. The zero-order valence-corrected chi connectivity index (χ0v) is 16.2. The molecule has 3 rings (SSSR count). The third-order valence-electron chi connectivity index (χ3n) is 3.89. The van der Waals surface area contributed by atoms with Gasteiger partial charge in [-0.05, 0) is 34.5 Å². The molecule has 140 valence electrons. The van der Waals surface area contributed by atoms with E-state index in [1.54, 1.807) is 10.9 Å². The van der Waals surface area contributed by atoms with Crippen LogP contribution < -0.4 is 5.32 Å². The predicted molar refractivity (Wildman–Crippen MR) is 103 cm³/mol. The number of amides is 1. The second-order valence-corrected chi connectivity index (χ2v) is 6.91. The largest absolute Gasteiger partial charge is 0.477 e. The fourth-order valence-corrected chi connectivity index (χ4v) is 3.07. The molecule has 8 nitrogen and oxygen atoms in total. The molecule has 3 aromatic rings. The van der Waals surface area contributed by atoms with Crippen molar-refractivity contribution < 1.29 is 14.7 Å². The van der Waals surface area contributed by atoms with Gasteiger partial charge in [-0.1, -0.05) is 29.8 Å². The van der Waals surface area contributed by atoms with Gasteiger partial charge in [0.1, 0.15) is 5.69 Å². The molecule has 0 fully saturated rings. The van der Waals surface area contributed by atoms with E-state index in [2.05, 4.69) is 37.5 Å². The topological polar surface area (TPSA) is 102 Å². The smallest absolute Gasteiger partial charge is 0.354 e. The summed E-state index contributed by atoms with van der Waals surface area (Å²) in [5.74, 6) is -0.930. The van der Waals surface area contributed by atoms with Crippen LogP contribution >= 0.6 is 15.9 Å². The Morgan fingerprint density at radius 1 is 1.30 bits per heavy atom. The summed E-state index contributed by atoms with van der Waals surface area (Å²) in [6, 6.07) is 9.52. The Kier molecular flexibility index (Phi) is 5.70. The fraction of sp³-hybridized carbons (Fsp3) is 0.222. The average Bonchev–Trinajstić information content (AvgIpc) is 3.20. The van der Waals surface area contributed by atoms with E-state index < -0.39 is 5.97 Å². The van der Waals surface area contributed by atoms with Crippen LogP contribution in [0, 0.1) is 6.92 Å². The van der Waals surface area contributed by atoms with Crippen LogP contribution in [0.25, 0.3) is 0 Å². The van der Waals surface area contributed by atoms with E-state index in [1.165, 1.54) is 22.5 Å². The van der Waals surface area contributed by atoms with Crippen molar-refractivity contribution in [3.8, 4) is 0 Å². The summed E-state index contributed by atoms with van der Waals surface area (Å²) in [5, 5.41) is 20.1. The molecule has 0 atom stereocenters. The molecule has 1 aromatic carbocycles. The first-order valence-electron chi connectivity index (χ1n) is 8.26. The highest BCUT2D eigenvalue weighted by molar-refractivity contribution is 9.10. The van der Waals surface area contributed by atoms with Gasteiger partial charge in [0.2, 0.25) is 5.91 Å². The Labute approximate surface area is 163 Å². The Balaban J connectivity index is 1.60. The molecule has 2 heterocycles. The molecule has 0 spiro atoms. The molecule has 0 aliphatic carbocycles. The van der Waals surface area contributed by atoms with Crippen molar-refractivity contribution in [2.24, 2.45) is 0 Å². The first-order chi connectivity index (χ1) is 12.9. The average molecular weight is 432 g/mol. The SMILES string of the molecule is Cc1cccc(Cn2cc(Br)c(NC(=O)CCn3nccc3C(=O)O)n2)c1. The van der Waals surface area contributed by atoms with Crippen molar-refractivity contribution in [2.45, 2.75) is 26.4 Å². The molecule has 0 saturated heterocycles. The van der Waals surface area contributed by atoms with Crippen molar-refractivity contribution in [1.82, 2.24) is 19.6 Å². The molecule has 27 heavy (non-hydrogen) atoms. The quantitative estimate of drug-likeness (QED) is 0.598. The predicted octanol–water partition coefficient (Wildman–Crippen LogP) is 2.93. The van der Waals surface area contributed by atoms with E-state index in [9.17, 15) is 9.59 Å². The summed E-state index contributed by atoms with van der Waals surface area (Å²) >= 11 is 3.40.